The maximum absolute atomic E-state index is 5.10. The second-order valence-electron chi connectivity index (χ2n) is 15.6. The third-order valence-corrected chi connectivity index (χ3v) is 22.3. The maximum atomic E-state index is 5.10. The summed E-state index contributed by atoms with van der Waals surface area (Å²) in [5.41, 5.74) is 7.69. The van der Waals surface area contributed by atoms with Gasteiger partial charge in [-0.25, -0.2) is 0 Å². The topological polar surface area (TPSA) is 77.3 Å². The summed E-state index contributed by atoms with van der Waals surface area (Å²) in [5.74, 6) is 0. The molecule has 0 spiro atoms. The summed E-state index contributed by atoms with van der Waals surface area (Å²) < 4.78 is 19.3. The van der Waals surface area contributed by atoms with Crippen molar-refractivity contribution in [3.05, 3.63) is 82.8 Å². The number of hydrogen-bond donors (Lipinski definition) is 0. The Hall–Kier alpha value is -3.64. The minimum absolute atomic E-state index is 0.658. The molecule has 0 aromatic carbocycles. The minimum Gasteiger partial charge on any atom is -0.252 e. The van der Waals surface area contributed by atoms with Crippen molar-refractivity contribution in [2.75, 3.05) is 0 Å². The Labute approximate surface area is 389 Å². The number of hydrogen-bond acceptors (Lipinski definition) is 14. The first-order valence-electron chi connectivity index (χ1n) is 21.0. The van der Waals surface area contributed by atoms with E-state index in [1.54, 1.807) is 0 Å². The van der Waals surface area contributed by atoms with Gasteiger partial charge in [0.25, 0.3) is 0 Å². The van der Waals surface area contributed by atoms with Crippen molar-refractivity contribution in [2.24, 2.45) is 0 Å². The van der Waals surface area contributed by atoms with Gasteiger partial charge >= 0.3 is 0 Å². The number of unbranched alkanes of at least 4 members (excludes halogenated alkanes) is 6. The predicted octanol–water partition coefficient (Wildman–Crippen LogP) is 14.2. The van der Waals surface area contributed by atoms with Crippen LogP contribution in [-0.2, 0) is 12.8 Å². The van der Waals surface area contributed by atoms with Crippen LogP contribution in [-0.4, -0.2) is 37.0 Å². The highest BCUT2D eigenvalue weighted by atomic mass is 32.1. The largest absolute Gasteiger partial charge is 0.252 e. The van der Waals surface area contributed by atoms with E-state index in [4.69, 9.17) is 27.5 Å². The van der Waals surface area contributed by atoms with Crippen molar-refractivity contribution in [2.45, 2.75) is 78.1 Å². The minimum atomic E-state index is -0.658. The maximum Gasteiger partial charge on any atom is 0.132 e. The number of aryl methyl sites for hydroxylation is 2. The molecule has 0 atom stereocenters. The Morgan fingerprint density at radius 2 is 0.852 bits per heavy atom. The van der Waals surface area contributed by atoms with Crippen LogP contribution >= 0.6 is 91.5 Å². The Morgan fingerprint density at radius 3 is 1.33 bits per heavy atom. The van der Waals surface area contributed by atoms with Crippen LogP contribution in [0.4, 0.5) is 0 Å². The van der Waals surface area contributed by atoms with Gasteiger partial charge in [0.05, 0.1) is 42.7 Å². The van der Waals surface area contributed by atoms with E-state index in [2.05, 4.69) is 74.5 Å². The summed E-state index contributed by atoms with van der Waals surface area (Å²) >= 11 is 13.8. The van der Waals surface area contributed by atoms with Crippen LogP contribution in [0.25, 0.3) is 93.4 Å². The summed E-state index contributed by atoms with van der Waals surface area (Å²) in [6.45, 7) is 4.54. The molecule has 0 fully saturated rings. The Bertz CT molecular complexity index is 2940. The van der Waals surface area contributed by atoms with Crippen LogP contribution in [0.15, 0.2) is 73.1 Å². The Morgan fingerprint density at radius 1 is 0.426 bits per heavy atom. The molecule has 11 heterocycles. The number of nitrogens with zero attached hydrogens (tertiary/aromatic N) is 6. The van der Waals surface area contributed by atoms with Gasteiger partial charge in [-0.15, -0.1) is 68.0 Å². The molecule has 61 heavy (non-hydrogen) atoms. The van der Waals surface area contributed by atoms with Crippen LogP contribution in [0.3, 0.4) is 0 Å². The molecule has 0 aliphatic carbocycles. The lowest BCUT2D eigenvalue weighted by molar-refractivity contribution is 0.670. The standard InChI is InChI=1S/C46H40N6S8Si/c1-3-5-7-9-11-25-13-15-31(53-25)33-19-17-29(55-33)27-23-47-41(43-39(27)49-59-51-43)35-21-37-45(57-35)46-38(61-37)22-36(58-46)42-44-40(50-60-52-44)28(24-48-42)30-18-20-34(56-30)32-16-14-26(54-32)12-10-8-6-4-2/h13-24H,3-12,61H2,1-2H3. The average molecular weight is 961 g/mol. The second kappa shape index (κ2) is 17.5. The fraction of sp³-hybridized carbons (Fsp3) is 0.261. The van der Waals surface area contributed by atoms with E-state index in [0.29, 0.717) is 0 Å². The van der Waals surface area contributed by atoms with Gasteiger partial charge < -0.3 is 0 Å². The molecule has 0 unspecified atom stereocenters. The Balaban J connectivity index is 0.828. The molecular formula is C46H40N6S8Si. The molecule has 0 saturated heterocycles. The molecule has 15 heteroatoms. The van der Waals surface area contributed by atoms with Gasteiger partial charge in [0.2, 0.25) is 0 Å². The first kappa shape index (κ1) is 40.2. The highest BCUT2D eigenvalue weighted by Gasteiger charge is 2.29. The predicted molar refractivity (Wildman–Crippen MR) is 273 cm³/mol. The van der Waals surface area contributed by atoms with Gasteiger partial charge in [-0.1, -0.05) is 52.4 Å². The summed E-state index contributed by atoms with van der Waals surface area (Å²) in [7, 11) is -0.658. The number of pyridine rings is 2. The van der Waals surface area contributed by atoms with Gasteiger partial charge in [-0.2, -0.15) is 17.5 Å². The van der Waals surface area contributed by atoms with Crippen molar-refractivity contribution < 1.29 is 0 Å². The lowest BCUT2D eigenvalue weighted by Gasteiger charge is -2.03. The molecule has 0 radical (unpaired) electrons. The molecule has 0 bridgehead atoms. The fourth-order valence-corrected chi connectivity index (χ4v) is 19.1. The molecule has 0 N–H and O–H groups in total. The van der Waals surface area contributed by atoms with E-state index in [1.807, 2.05) is 80.4 Å². The summed E-state index contributed by atoms with van der Waals surface area (Å²) in [6, 6.07) is 22.9. The molecular weight excluding hydrogens is 921 g/mol. The van der Waals surface area contributed by atoms with Crippen molar-refractivity contribution in [1.82, 2.24) is 27.5 Å². The molecule has 1 aliphatic heterocycles. The van der Waals surface area contributed by atoms with E-state index in [9.17, 15) is 0 Å². The quantitative estimate of drug-likeness (QED) is 0.0709. The highest BCUT2D eigenvalue weighted by Crippen LogP contribution is 2.46. The van der Waals surface area contributed by atoms with E-state index in [1.165, 1.54) is 157 Å². The van der Waals surface area contributed by atoms with E-state index in [-0.39, 0.29) is 0 Å². The van der Waals surface area contributed by atoms with Crippen molar-refractivity contribution in [1.29, 1.82) is 0 Å². The number of fused-ring (bicyclic) bond motifs is 5. The first-order valence-corrected chi connectivity index (χ1v) is 28.8. The van der Waals surface area contributed by atoms with E-state index >= 15 is 0 Å². The summed E-state index contributed by atoms with van der Waals surface area (Å²) in [5, 5.41) is 2.98. The zero-order valence-electron chi connectivity index (χ0n) is 33.7. The second-order valence-corrected chi connectivity index (χ2v) is 25.1. The molecule has 0 saturated carbocycles. The van der Waals surface area contributed by atoms with Crippen LogP contribution in [0.5, 0.6) is 0 Å². The SMILES string of the molecule is CCCCCCc1ccc(-c2ccc(-c3cnc(-c4cc5c(s4)-c4sc(-c6ncc(-c7ccc(-c8ccc(CCCCCC)s8)s7)c7nsnc67)cc4[SiH2]5)c4nsnc34)s2)s1. The normalized spacial score (nSPS) is 12.4. The molecule has 6 nitrogen and oxygen atoms in total. The lowest BCUT2D eigenvalue weighted by atomic mass is 10.1. The van der Waals surface area contributed by atoms with Crippen LogP contribution < -0.4 is 10.4 Å². The van der Waals surface area contributed by atoms with Gasteiger partial charge in [-0.3, -0.25) is 9.97 Å². The third-order valence-electron chi connectivity index (χ3n) is 11.4. The molecule has 1 aliphatic rings. The van der Waals surface area contributed by atoms with E-state index < -0.39 is 9.52 Å². The first-order chi connectivity index (χ1) is 30.1. The summed E-state index contributed by atoms with van der Waals surface area (Å²) in [6.07, 6.45) is 16.8. The third kappa shape index (κ3) is 7.77. The number of aromatic nitrogens is 6. The van der Waals surface area contributed by atoms with Crippen LogP contribution in [0, 0.1) is 0 Å². The number of rotatable bonds is 16. The van der Waals surface area contributed by atoms with Gasteiger partial charge in [0.15, 0.2) is 0 Å². The zero-order chi connectivity index (χ0) is 40.9. The van der Waals surface area contributed by atoms with Gasteiger partial charge in [0, 0.05) is 72.3 Å². The van der Waals surface area contributed by atoms with Crippen molar-refractivity contribution >= 4 is 133 Å². The number of thiophene rings is 6. The van der Waals surface area contributed by atoms with Crippen molar-refractivity contribution in [3.63, 3.8) is 0 Å². The molecule has 10 aromatic heterocycles. The summed E-state index contributed by atoms with van der Waals surface area (Å²) in [4.78, 5) is 25.9. The Kier molecular flexibility index (Phi) is 11.5. The molecule has 11 rings (SSSR count). The van der Waals surface area contributed by atoms with Crippen molar-refractivity contribution in [3.8, 4) is 71.3 Å². The van der Waals surface area contributed by atoms with Crippen LogP contribution in [0.2, 0.25) is 0 Å². The fourth-order valence-electron chi connectivity index (χ4n) is 8.18. The van der Waals surface area contributed by atoms with Crippen LogP contribution in [0.1, 0.15) is 75.0 Å². The molecule has 0 amide bonds. The zero-order valence-corrected chi connectivity index (χ0v) is 41.6. The van der Waals surface area contributed by atoms with E-state index in [0.717, 1.165) is 44.6 Å². The smallest absolute Gasteiger partial charge is 0.132 e. The highest BCUT2D eigenvalue weighted by molar-refractivity contribution is 7.29. The average Bonchev–Trinajstić information content (AvgIpc) is 4.11. The lowest BCUT2D eigenvalue weighted by Crippen LogP contribution is -2.18. The van der Waals surface area contributed by atoms with Gasteiger partial charge in [-0.05, 0) is 96.7 Å². The van der Waals surface area contributed by atoms with Gasteiger partial charge in [0.1, 0.15) is 33.5 Å². The molecule has 306 valence electrons. The molecule has 10 aromatic rings. The monoisotopic (exact) mass is 960 g/mol.